The second kappa shape index (κ2) is 9.73. The molecule has 0 bridgehead atoms. The van der Waals surface area contributed by atoms with Crippen LogP contribution < -0.4 is 5.32 Å². The van der Waals surface area contributed by atoms with Crippen molar-refractivity contribution in [3.8, 4) is 0 Å². The number of urea groups is 1. The Hall–Kier alpha value is -3.34. The number of nitrogens with one attached hydrogen (secondary N) is 1. The van der Waals surface area contributed by atoms with Crippen LogP contribution in [0.4, 0.5) is 14.9 Å². The van der Waals surface area contributed by atoms with Gasteiger partial charge in [0.2, 0.25) is 0 Å². The van der Waals surface area contributed by atoms with E-state index in [1.165, 1.54) is 17.7 Å². The zero-order valence-electron chi connectivity index (χ0n) is 16.6. The Morgan fingerprint density at radius 3 is 2.66 bits per heavy atom. The average Bonchev–Trinajstić information content (AvgIpc) is 3.16. The summed E-state index contributed by atoms with van der Waals surface area (Å²) in [5, 5.41) is 2.98. The van der Waals surface area contributed by atoms with E-state index in [0.29, 0.717) is 19.6 Å². The monoisotopic (exact) mass is 391 g/mol. The molecule has 4 nitrogen and oxygen atoms in total. The Kier molecular flexibility index (Phi) is 6.85. The van der Waals surface area contributed by atoms with Gasteiger partial charge in [-0.1, -0.05) is 37.3 Å². The summed E-state index contributed by atoms with van der Waals surface area (Å²) >= 11 is 0. The first-order chi connectivity index (χ1) is 14.1. The van der Waals surface area contributed by atoms with Crippen molar-refractivity contribution in [3.05, 3.63) is 102 Å². The van der Waals surface area contributed by atoms with E-state index < -0.39 is 0 Å². The molecule has 0 unspecified atom stereocenters. The van der Waals surface area contributed by atoms with Crippen LogP contribution in [0.3, 0.4) is 0 Å². The molecule has 2 aromatic carbocycles. The molecular formula is C24H26FN3O. The van der Waals surface area contributed by atoms with Crippen LogP contribution >= 0.6 is 0 Å². The highest BCUT2D eigenvalue weighted by Gasteiger charge is 2.15. The molecule has 1 heterocycles. The quantitative estimate of drug-likeness (QED) is 0.509. The number of carbonyl (C=O) groups is 1. The largest absolute Gasteiger partial charge is 0.345 e. The van der Waals surface area contributed by atoms with Crippen molar-refractivity contribution in [1.82, 2.24) is 9.47 Å². The molecule has 0 aliphatic heterocycles. The van der Waals surface area contributed by atoms with Crippen LogP contribution in [0.15, 0.2) is 79.5 Å². The van der Waals surface area contributed by atoms with E-state index in [-0.39, 0.29) is 11.8 Å². The van der Waals surface area contributed by atoms with Gasteiger partial charge in [-0.3, -0.25) is 0 Å². The maximum absolute atomic E-state index is 13.1. The number of rotatable bonds is 8. The number of aromatic nitrogens is 1. The molecule has 1 N–H and O–H groups in total. The summed E-state index contributed by atoms with van der Waals surface area (Å²) in [5.74, 6) is -0.248. The van der Waals surface area contributed by atoms with Gasteiger partial charge < -0.3 is 14.8 Å². The fourth-order valence-corrected chi connectivity index (χ4v) is 3.18. The van der Waals surface area contributed by atoms with E-state index in [4.69, 9.17) is 0 Å². The Morgan fingerprint density at radius 1 is 1.14 bits per heavy atom. The van der Waals surface area contributed by atoms with Gasteiger partial charge in [-0.15, -0.1) is 6.58 Å². The highest BCUT2D eigenvalue weighted by atomic mass is 19.1. The van der Waals surface area contributed by atoms with E-state index in [2.05, 4.69) is 23.4 Å². The Morgan fingerprint density at radius 2 is 1.93 bits per heavy atom. The van der Waals surface area contributed by atoms with Gasteiger partial charge >= 0.3 is 6.03 Å². The molecule has 2 amide bonds. The summed E-state index contributed by atoms with van der Waals surface area (Å²) in [5.41, 5.74) is 3.95. The number of benzene rings is 2. The number of amides is 2. The molecule has 29 heavy (non-hydrogen) atoms. The normalized spacial score (nSPS) is 10.6. The smallest absolute Gasteiger partial charge is 0.322 e. The lowest BCUT2D eigenvalue weighted by atomic mass is 10.1. The van der Waals surface area contributed by atoms with Gasteiger partial charge in [-0.2, -0.15) is 0 Å². The first kappa shape index (κ1) is 20.4. The maximum atomic E-state index is 13.1. The maximum Gasteiger partial charge on any atom is 0.322 e. The number of carbonyl (C=O) groups excluding carboxylic acids is 1. The van der Waals surface area contributed by atoms with Crippen molar-refractivity contribution in [2.24, 2.45) is 0 Å². The molecule has 3 aromatic rings. The van der Waals surface area contributed by atoms with Crippen LogP contribution in [0, 0.1) is 5.82 Å². The average molecular weight is 391 g/mol. The third-order valence-electron chi connectivity index (χ3n) is 4.77. The molecule has 0 aliphatic carbocycles. The summed E-state index contributed by atoms with van der Waals surface area (Å²) < 4.78 is 15.2. The summed E-state index contributed by atoms with van der Waals surface area (Å²) in [6, 6.07) is 18.1. The van der Waals surface area contributed by atoms with Gasteiger partial charge in [0.1, 0.15) is 5.82 Å². The second-order valence-corrected chi connectivity index (χ2v) is 6.91. The fraction of sp³-hybridized carbons (Fsp3) is 0.208. The predicted octanol–water partition coefficient (Wildman–Crippen LogP) is 5.46. The van der Waals surface area contributed by atoms with Crippen molar-refractivity contribution in [2.45, 2.75) is 26.4 Å². The van der Waals surface area contributed by atoms with E-state index in [1.54, 1.807) is 23.1 Å². The summed E-state index contributed by atoms with van der Waals surface area (Å²) in [7, 11) is 0. The van der Waals surface area contributed by atoms with Crippen molar-refractivity contribution in [1.29, 1.82) is 0 Å². The highest BCUT2D eigenvalue weighted by molar-refractivity contribution is 5.89. The molecule has 0 fully saturated rings. The molecule has 0 aliphatic rings. The lowest BCUT2D eigenvalue weighted by molar-refractivity contribution is 0.214. The van der Waals surface area contributed by atoms with Gasteiger partial charge in [-0.25, -0.2) is 9.18 Å². The van der Waals surface area contributed by atoms with Crippen molar-refractivity contribution >= 4 is 11.7 Å². The third kappa shape index (κ3) is 5.57. The highest BCUT2D eigenvalue weighted by Crippen LogP contribution is 2.15. The fourth-order valence-electron chi connectivity index (χ4n) is 3.18. The first-order valence-corrected chi connectivity index (χ1v) is 9.73. The topological polar surface area (TPSA) is 37.3 Å². The Labute approximate surface area is 171 Å². The van der Waals surface area contributed by atoms with Crippen LogP contribution in [0.25, 0.3) is 0 Å². The zero-order chi connectivity index (χ0) is 20.6. The Bertz CT molecular complexity index is 962. The van der Waals surface area contributed by atoms with Gasteiger partial charge in [0.05, 0.1) is 6.54 Å². The van der Waals surface area contributed by atoms with E-state index >= 15 is 0 Å². The molecule has 150 valence electrons. The molecule has 3 rings (SSSR count). The lowest BCUT2D eigenvalue weighted by Gasteiger charge is -2.23. The van der Waals surface area contributed by atoms with Crippen LogP contribution in [0.2, 0.25) is 0 Å². The molecule has 0 radical (unpaired) electrons. The lowest BCUT2D eigenvalue weighted by Crippen LogP contribution is -2.35. The van der Waals surface area contributed by atoms with Crippen LogP contribution in [0.5, 0.6) is 0 Å². The van der Waals surface area contributed by atoms with Gasteiger partial charge in [-0.05, 0) is 53.9 Å². The minimum atomic E-state index is -0.248. The number of anilines is 1. The van der Waals surface area contributed by atoms with Gasteiger partial charge in [0.15, 0.2) is 0 Å². The predicted molar refractivity (Wildman–Crippen MR) is 115 cm³/mol. The van der Waals surface area contributed by atoms with E-state index in [1.807, 2.05) is 42.6 Å². The molecule has 0 atom stereocenters. The molecule has 1 aromatic heterocycles. The summed E-state index contributed by atoms with van der Waals surface area (Å²) in [6.45, 7) is 7.36. The third-order valence-corrected chi connectivity index (χ3v) is 4.77. The molecule has 0 spiro atoms. The minimum absolute atomic E-state index is 0.173. The summed E-state index contributed by atoms with van der Waals surface area (Å²) in [4.78, 5) is 14.6. The standard InChI is InChI=1S/C24H26FN3O/c1-3-14-28(24(29)26-22-8-5-7-19(4-2)16-22)18-23-9-6-15-27(23)17-20-10-12-21(25)13-11-20/h3,5-13,15-16H,1,4,14,17-18H2,2H3,(H,26,29). The van der Waals surface area contributed by atoms with Crippen LogP contribution in [-0.4, -0.2) is 22.0 Å². The SMILES string of the molecule is C=CCN(Cc1cccn1Cc1ccc(F)cc1)C(=O)Nc1cccc(CC)c1. The minimum Gasteiger partial charge on any atom is -0.345 e. The number of nitrogens with zero attached hydrogens (tertiary/aromatic N) is 2. The Balaban J connectivity index is 1.71. The van der Waals surface area contributed by atoms with Crippen molar-refractivity contribution in [2.75, 3.05) is 11.9 Å². The molecule has 0 saturated heterocycles. The van der Waals surface area contributed by atoms with Gasteiger partial charge in [0.25, 0.3) is 0 Å². The van der Waals surface area contributed by atoms with Crippen molar-refractivity contribution in [3.63, 3.8) is 0 Å². The zero-order valence-corrected chi connectivity index (χ0v) is 16.6. The van der Waals surface area contributed by atoms with Crippen molar-refractivity contribution < 1.29 is 9.18 Å². The second-order valence-electron chi connectivity index (χ2n) is 6.91. The number of halogens is 1. The number of hydrogen-bond donors (Lipinski definition) is 1. The first-order valence-electron chi connectivity index (χ1n) is 9.73. The van der Waals surface area contributed by atoms with Crippen LogP contribution in [-0.2, 0) is 19.5 Å². The van der Waals surface area contributed by atoms with Gasteiger partial charge in [0, 0.05) is 30.7 Å². The molecule has 0 saturated carbocycles. The van der Waals surface area contributed by atoms with E-state index in [0.717, 1.165) is 23.4 Å². The van der Waals surface area contributed by atoms with Crippen LogP contribution in [0.1, 0.15) is 23.7 Å². The molecular weight excluding hydrogens is 365 g/mol. The van der Waals surface area contributed by atoms with E-state index in [9.17, 15) is 9.18 Å². The molecule has 5 heteroatoms. The number of hydrogen-bond acceptors (Lipinski definition) is 1. The number of aryl methyl sites for hydroxylation is 1. The summed E-state index contributed by atoms with van der Waals surface area (Å²) in [6.07, 6.45) is 4.60.